The van der Waals surface area contributed by atoms with Crippen molar-refractivity contribution < 1.29 is 14.6 Å². The number of aromatic amines is 1. The normalized spacial score (nSPS) is 10.6. The lowest BCUT2D eigenvalue weighted by Crippen LogP contribution is -2.44. The van der Waals surface area contributed by atoms with Crippen LogP contribution in [0.2, 0.25) is 5.02 Å². The number of benzene rings is 1. The number of rotatable bonds is 2. The Morgan fingerprint density at radius 3 is 2.94 bits per heavy atom. The van der Waals surface area contributed by atoms with Crippen LogP contribution in [-0.4, -0.2) is 16.2 Å². The molecule has 0 aliphatic rings. The highest BCUT2D eigenvalue weighted by Gasteiger charge is 2.12. The van der Waals surface area contributed by atoms with E-state index in [2.05, 4.69) is 5.10 Å². The van der Waals surface area contributed by atoms with Gasteiger partial charge in [0, 0.05) is 0 Å². The highest BCUT2D eigenvalue weighted by Crippen LogP contribution is 2.16. The Labute approximate surface area is 94.9 Å². The van der Waals surface area contributed by atoms with Crippen LogP contribution in [0.15, 0.2) is 29.2 Å². The van der Waals surface area contributed by atoms with Crippen molar-refractivity contribution in [3.8, 4) is 0 Å². The van der Waals surface area contributed by atoms with Gasteiger partial charge in [-0.15, -0.1) is 4.68 Å². The van der Waals surface area contributed by atoms with Crippen molar-refractivity contribution in [3.63, 3.8) is 0 Å². The smallest absolute Gasteiger partial charge is 0.372 e. The molecule has 0 radical (unpaired) electrons. The molecule has 0 amide bonds. The number of nitrogens with one attached hydrogen (secondary N) is 1. The SMILES string of the molecule is O=C(O)C[n+]1cc(=O)c2cccc(Cl)c2[nH]1. The Morgan fingerprint density at radius 1 is 1.50 bits per heavy atom. The highest BCUT2D eigenvalue weighted by atomic mass is 35.5. The molecule has 0 unspecified atom stereocenters. The third-order valence-corrected chi connectivity index (χ3v) is 2.43. The summed E-state index contributed by atoms with van der Waals surface area (Å²) in [5, 5.41) is 12.2. The van der Waals surface area contributed by atoms with Gasteiger partial charge in [-0.25, -0.2) is 4.79 Å². The molecule has 0 fully saturated rings. The number of fused-ring (bicyclic) bond motifs is 1. The second-order valence-corrected chi connectivity index (χ2v) is 3.70. The molecule has 0 saturated carbocycles. The summed E-state index contributed by atoms with van der Waals surface area (Å²) in [6.07, 6.45) is 1.20. The molecule has 2 rings (SSSR count). The van der Waals surface area contributed by atoms with Crippen molar-refractivity contribution >= 4 is 28.5 Å². The zero-order chi connectivity index (χ0) is 11.7. The zero-order valence-electron chi connectivity index (χ0n) is 8.11. The van der Waals surface area contributed by atoms with E-state index in [1.54, 1.807) is 18.2 Å². The zero-order valence-corrected chi connectivity index (χ0v) is 8.86. The molecule has 2 N–H and O–H groups in total. The van der Waals surface area contributed by atoms with Crippen LogP contribution in [0.5, 0.6) is 0 Å². The highest BCUT2D eigenvalue weighted by molar-refractivity contribution is 6.34. The minimum absolute atomic E-state index is 0.266. The molecule has 0 atom stereocenters. The molecule has 2 aromatic rings. The average molecular weight is 240 g/mol. The quantitative estimate of drug-likeness (QED) is 0.752. The molecule has 0 spiro atoms. The van der Waals surface area contributed by atoms with E-state index in [1.807, 2.05) is 0 Å². The largest absolute Gasteiger partial charge is 0.476 e. The molecule has 82 valence electrons. The van der Waals surface area contributed by atoms with E-state index in [-0.39, 0.29) is 12.0 Å². The number of hydrogen-bond acceptors (Lipinski definition) is 2. The number of H-pyrrole nitrogens is 1. The van der Waals surface area contributed by atoms with Gasteiger partial charge in [0.15, 0.2) is 0 Å². The third kappa shape index (κ3) is 1.90. The second-order valence-electron chi connectivity index (χ2n) is 3.29. The molecular weight excluding hydrogens is 232 g/mol. The third-order valence-electron chi connectivity index (χ3n) is 2.11. The molecule has 0 aliphatic heterocycles. The van der Waals surface area contributed by atoms with Crippen molar-refractivity contribution in [1.82, 2.24) is 5.10 Å². The van der Waals surface area contributed by atoms with E-state index < -0.39 is 5.97 Å². The summed E-state index contributed by atoms with van der Waals surface area (Å²) < 4.78 is 1.19. The Balaban J connectivity index is 2.70. The number of carboxylic acids is 1. The Kier molecular flexibility index (Phi) is 2.62. The maximum absolute atomic E-state index is 11.6. The van der Waals surface area contributed by atoms with Gasteiger partial charge < -0.3 is 5.11 Å². The second kappa shape index (κ2) is 3.94. The number of carbonyl (C=O) groups is 1. The summed E-state index contributed by atoms with van der Waals surface area (Å²) in [5.74, 6) is -1.04. The van der Waals surface area contributed by atoms with E-state index in [9.17, 15) is 9.59 Å². The van der Waals surface area contributed by atoms with Gasteiger partial charge in [0.05, 0.1) is 10.4 Å². The van der Waals surface area contributed by atoms with Gasteiger partial charge in [0.2, 0.25) is 6.20 Å². The molecule has 1 heterocycles. The number of para-hydroxylation sites is 1. The first-order valence-corrected chi connectivity index (χ1v) is 4.88. The van der Waals surface area contributed by atoms with Crippen molar-refractivity contribution in [3.05, 3.63) is 39.6 Å². The summed E-state index contributed by atoms with van der Waals surface area (Å²) in [7, 11) is 0. The number of carboxylic acid groups (broad SMARTS) is 1. The summed E-state index contributed by atoms with van der Waals surface area (Å²) in [6, 6.07) is 4.93. The molecule has 1 aromatic heterocycles. The van der Waals surface area contributed by atoms with Crippen LogP contribution in [0.25, 0.3) is 10.9 Å². The first kappa shape index (κ1) is 10.6. The number of aliphatic carboxylic acids is 1. The van der Waals surface area contributed by atoms with Crippen molar-refractivity contribution in [2.24, 2.45) is 0 Å². The fourth-order valence-corrected chi connectivity index (χ4v) is 1.68. The topological polar surface area (TPSA) is 74.0 Å². The van der Waals surface area contributed by atoms with Crippen LogP contribution >= 0.6 is 11.6 Å². The Morgan fingerprint density at radius 2 is 2.25 bits per heavy atom. The minimum atomic E-state index is -1.04. The molecule has 1 aromatic carbocycles. The van der Waals surface area contributed by atoms with Gasteiger partial charge in [-0.3, -0.25) is 4.79 Å². The van der Waals surface area contributed by atoms with Crippen LogP contribution in [-0.2, 0) is 11.3 Å². The van der Waals surface area contributed by atoms with Crippen molar-refractivity contribution in [2.75, 3.05) is 0 Å². The summed E-state index contributed by atoms with van der Waals surface area (Å²) in [4.78, 5) is 22.2. The predicted molar refractivity (Wildman–Crippen MR) is 57.4 cm³/mol. The first-order chi connectivity index (χ1) is 7.58. The fourth-order valence-electron chi connectivity index (χ4n) is 1.46. The van der Waals surface area contributed by atoms with Crippen LogP contribution in [0.3, 0.4) is 0 Å². The van der Waals surface area contributed by atoms with Crippen molar-refractivity contribution in [1.29, 1.82) is 0 Å². The molecule has 16 heavy (non-hydrogen) atoms. The van der Waals surface area contributed by atoms with E-state index >= 15 is 0 Å². The fraction of sp³-hybridized carbons (Fsp3) is 0.100. The summed E-state index contributed by atoms with van der Waals surface area (Å²) >= 11 is 5.91. The first-order valence-electron chi connectivity index (χ1n) is 4.51. The van der Waals surface area contributed by atoms with E-state index in [1.165, 1.54) is 10.9 Å². The van der Waals surface area contributed by atoms with Crippen LogP contribution in [0.1, 0.15) is 0 Å². The summed E-state index contributed by atoms with van der Waals surface area (Å²) in [6.45, 7) is -0.309. The molecule has 5 nitrogen and oxygen atoms in total. The van der Waals surface area contributed by atoms with Gasteiger partial charge in [-0.1, -0.05) is 17.7 Å². The monoisotopic (exact) mass is 239 g/mol. The van der Waals surface area contributed by atoms with Crippen LogP contribution < -0.4 is 10.1 Å². The molecule has 0 aliphatic carbocycles. The Bertz CT molecular complexity index is 621. The van der Waals surface area contributed by atoms with Gasteiger partial charge in [-0.05, 0) is 12.1 Å². The van der Waals surface area contributed by atoms with E-state index in [0.29, 0.717) is 15.9 Å². The number of nitrogens with zero attached hydrogens (tertiary/aromatic N) is 1. The minimum Gasteiger partial charge on any atom is -0.476 e. The van der Waals surface area contributed by atoms with Crippen LogP contribution in [0.4, 0.5) is 0 Å². The standard InChI is InChI=1S/C10H7ClN2O3/c11-7-3-1-2-6-8(14)4-13(5-9(15)16)12-10(6)7/h1-4H,5H2,(H-,12,14,15,16)/p+1. The number of halogens is 1. The van der Waals surface area contributed by atoms with E-state index in [4.69, 9.17) is 16.7 Å². The lowest BCUT2D eigenvalue weighted by molar-refractivity contribution is -0.741. The number of aromatic nitrogens is 2. The van der Waals surface area contributed by atoms with Crippen LogP contribution in [0, 0.1) is 0 Å². The molecule has 6 heteroatoms. The lowest BCUT2D eigenvalue weighted by atomic mass is 10.2. The van der Waals surface area contributed by atoms with Gasteiger partial charge in [-0.2, -0.15) is 5.10 Å². The predicted octanol–water partition coefficient (Wildman–Crippen LogP) is 0.554. The van der Waals surface area contributed by atoms with Gasteiger partial charge in [0.1, 0.15) is 5.52 Å². The van der Waals surface area contributed by atoms with Gasteiger partial charge >= 0.3 is 5.97 Å². The van der Waals surface area contributed by atoms with Gasteiger partial charge in [0.25, 0.3) is 12.0 Å². The van der Waals surface area contributed by atoms with E-state index in [0.717, 1.165) is 0 Å². The summed E-state index contributed by atoms with van der Waals surface area (Å²) in [5.41, 5.74) is 0.176. The van der Waals surface area contributed by atoms with Crippen molar-refractivity contribution in [2.45, 2.75) is 6.54 Å². The Hall–Kier alpha value is -1.88. The molecular formula is C10H8ClN2O3+. The molecule has 0 bridgehead atoms. The molecule has 0 saturated heterocycles. The lowest BCUT2D eigenvalue weighted by Gasteiger charge is -1.98. The average Bonchev–Trinajstić information content (AvgIpc) is 2.19. The maximum atomic E-state index is 11.6. The number of hydrogen-bond donors (Lipinski definition) is 2. The maximum Gasteiger partial charge on any atom is 0.372 e.